The second-order valence-corrected chi connectivity index (χ2v) is 6.57. The van der Waals surface area contributed by atoms with Gasteiger partial charge < -0.3 is 0 Å². The molecule has 0 radical (unpaired) electrons. The zero-order valence-corrected chi connectivity index (χ0v) is 13.2. The zero-order valence-electron chi connectivity index (χ0n) is 12.4. The van der Waals surface area contributed by atoms with Crippen molar-refractivity contribution >= 4 is 17.4 Å². The Bertz CT molecular complexity index is 654. The molecule has 110 valence electrons. The van der Waals surface area contributed by atoms with Gasteiger partial charge in [-0.2, -0.15) is 0 Å². The van der Waals surface area contributed by atoms with Crippen molar-refractivity contribution in [3.63, 3.8) is 0 Å². The van der Waals surface area contributed by atoms with Gasteiger partial charge in [-0.1, -0.05) is 62.7 Å². The van der Waals surface area contributed by atoms with E-state index in [0.717, 1.165) is 0 Å². The summed E-state index contributed by atoms with van der Waals surface area (Å²) in [6, 6.07) is 11.7. The van der Waals surface area contributed by atoms with Crippen LogP contribution in [-0.2, 0) is 11.8 Å². The molecule has 0 atom stereocenters. The first-order chi connectivity index (χ1) is 9.77. The van der Waals surface area contributed by atoms with Crippen molar-refractivity contribution in [2.75, 3.05) is 0 Å². The Morgan fingerprint density at radius 2 is 1.71 bits per heavy atom. The Labute approximate surface area is 129 Å². The highest BCUT2D eigenvalue weighted by molar-refractivity contribution is 6.31. The first-order valence-electron chi connectivity index (χ1n) is 6.85. The van der Waals surface area contributed by atoms with E-state index >= 15 is 0 Å². The number of benzene rings is 2. The lowest BCUT2D eigenvalue weighted by atomic mass is 9.86. The van der Waals surface area contributed by atoms with Gasteiger partial charge in [-0.25, -0.2) is 4.39 Å². The molecule has 0 aliphatic heterocycles. The van der Waals surface area contributed by atoms with Crippen LogP contribution in [0.25, 0.3) is 0 Å². The molecule has 0 aliphatic rings. The van der Waals surface area contributed by atoms with Crippen molar-refractivity contribution in [1.82, 2.24) is 0 Å². The highest BCUT2D eigenvalue weighted by atomic mass is 35.5. The summed E-state index contributed by atoms with van der Waals surface area (Å²) in [4.78, 5) is 12.3. The maximum absolute atomic E-state index is 13.0. The average Bonchev–Trinajstić information content (AvgIpc) is 2.41. The van der Waals surface area contributed by atoms with Gasteiger partial charge in [-0.05, 0) is 28.7 Å². The molecular formula is C18H18ClFO. The number of halogens is 2. The van der Waals surface area contributed by atoms with E-state index < -0.39 is 5.82 Å². The lowest BCUT2D eigenvalue weighted by Gasteiger charge is -2.19. The fourth-order valence-electron chi connectivity index (χ4n) is 2.10. The third-order valence-corrected chi connectivity index (χ3v) is 3.79. The van der Waals surface area contributed by atoms with Crippen molar-refractivity contribution in [2.45, 2.75) is 32.6 Å². The fourth-order valence-corrected chi connectivity index (χ4v) is 2.33. The van der Waals surface area contributed by atoms with E-state index in [1.165, 1.54) is 17.7 Å². The number of ketones is 1. The van der Waals surface area contributed by atoms with Crippen LogP contribution in [0.4, 0.5) is 4.39 Å². The van der Waals surface area contributed by atoms with Gasteiger partial charge in [0.05, 0.1) is 0 Å². The van der Waals surface area contributed by atoms with Gasteiger partial charge in [-0.15, -0.1) is 0 Å². The maximum atomic E-state index is 13.0. The van der Waals surface area contributed by atoms with Gasteiger partial charge in [-0.3, -0.25) is 4.79 Å². The topological polar surface area (TPSA) is 17.1 Å². The molecule has 0 aliphatic carbocycles. The maximum Gasteiger partial charge on any atom is 0.167 e. The van der Waals surface area contributed by atoms with Crippen LogP contribution in [0.1, 0.15) is 42.3 Å². The molecule has 2 aromatic carbocycles. The molecule has 3 heteroatoms. The Morgan fingerprint density at radius 3 is 2.24 bits per heavy atom. The lowest BCUT2D eigenvalue weighted by molar-refractivity contribution is 0.0993. The third-order valence-electron chi connectivity index (χ3n) is 3.44. The fraction of sp³-hybridized carbons (Fsp3) is 0.278. The number of carbonyl (C=O) groups excluding carboxylic acids is 1. The molecule has 0 heterocycles. The van der Waals surface area contributed by atoms with Crippen molar-refractivity contribution < 1.29 is 9.18 Å². The van der Waals surface area contributed by atoms with E-state index in [0.29, 0.717) is 11.1 Å². The molecule has 0 unspecified atom stereocenters. The molecule has 21 heavy (non-hydrogen) atoms. The number of hydrogen-bond acceptors (Lipinski definition) is 1. The van der Waals surface area contributed by atoms with E-state index in [-0.39, 0.29) is 22.6 Å². The van der Waals surface area contributed by atoms with Crippen LogP contribution in [0.2, 0.25) is 5.02 Å². The van der Waals surface area contributed by atoms with Crippen molar-refractivity contribution in [1.29, 1.82) is 0 Å². The Balaban J connectivity index is 2.17. The molecule has 0 aromatic heterocycles. The van der Waals surface area contributed by atoms with Crippen molar-refractivity contribution in [2.24, 2.45) is 0 Å². The zero-order chi connectivity index (χ0) is 15.6. The molecule has 1 nitrogen and oxygen atoms in total. The summed E-state index contributed by atoms with van der Waals surface area (Å²) in [5.74, 6) is -0.422. The number of carbonyl (C=O) groups is 1. The number of Topliss-reactive ketones (excluding diaryl/α,β-unsaturated/α-hetero) is 1. The Morgan fingerprint density at radius 1 is 1.10 bits per heavy atom. The molecule has 0 saturated heterocycles. The summed E-state index contributed by atoms with van der Waals surface area (Å²) in [7, 11) is 0. The second kappa shape index (κ2) is 5.98. The summed E-state index contributed by atoms with van der Waals surface area (Å²) < 4.78 is 13.0. The van der Waals surface area contributed by atoms with Gasteiger partial charge in [0.15, 0.2) is 5.78 Å². The summed E-state index contributed by atoms with van der Waals surface area (Å²) in [6.07, 6.45) is 0.175. The summed E-state index contributed by atoms with van der Waals surface area (Å²) in [5, 5.41) is 0.287. The van der Waals surface area contributed by atoms with Crippen LogP contribution in [0.3, 0.4) is 0 Å². The standard InChI is InChI=1S/C18H18ClFO/c1-18(2,3)14-7-4-12(5-8-14)17(21)10-13-6-9-15(20)11-16(13)19/h4-9,11H,10H2,1-3H3. The Kier molecular flexibility index (Phi) is 4.48. The van der Waals surface area contributed by atoms with Crippen LogP contribution in [0, 0.1) is 5.82 Å². The molecule has 0 N–H and O–H groups in total. The molecule has 0 saturated carbocycles. The third kappa shape index (κ3) is 3.92. The van der Waals surface area contributed by atoms with E-state index in [1.807, 2.05) is 24.3 Å². The number of hydrogen-bond donors (Lipinski definition) is 0. The van der Waals surface area contributed by atoms with Crippen molar-refractivity contribution in [3.8, 4) is 0 Å². The van der Waals surface area contributed by atoms with E-state index in [4.69, 9.17) is 11.6 Å². The summed E-state index contributed by atoms with van der Waals surface area (Å²) in [5.41, 5.74) is 2.52. The molecule has 0 fully saturated rings. The van der Waals surface area contributed by atoms with Crippen LogP contribution in [0.15, 0.2) is 42.5 Å². The van der Waals surface area contributed by atoms with Gasteiger partial charge in [0.2, 0.25) is 0 Å². The smallest absolute Gasteiger partial charge is 0.167 e. The normalized spacial score (nSPS) is 11.5. The minimum absolute atomic E-state index is 0.0241. The lowest BCUT2D eigenvalue weighted by Crippen LogP contribution is -2.11. The molecule has 2 rings (SSSR count). The molecule has 0 amide bonds. The first-order valence-corrected chi connectivity index (χ1v) is 7.23. The highest BCUT2D eigenvalue weighted by Gasteiger charge is 2.15. The van der Waals surface area contributed by atoms with E-state index in [9.17, 15) is 9.18 Å². The number of rotatable bonds is 3. The van der Waals surface area contributed by atoms with E-state index in [1.54, 1.807) is 6.07 Å². The van der Waals surface area contributed by atoms with Crippen molar-refractivity contribution in [3.05, 3.63) is 70.0 Å². The SMILES string of the molecule is CC(C)(C)c1ccc(C(=O)Cc2ccc(F)cc2Cl)cc1. The monoisotopic (exact) mass is 304 g/mol. The summed E-state index contributed by atoms with van der Waals surface area (Å²) in [6.45, 7) is 6.38. The van der Waals surface area contributed by atoms with Gasteiger partial charge >= 0.3 is 0 Å². The van der Waals surface area contributed by atoms with Gasteiger partial charge in [0.25, 0.3) is 0 Å². The average molecular weight is 305 g/mol. The van der Waals surface area contributed by atoms with Crippen LogP contribution in [0.5, 0.6) is 0 Å². The van der Waals surface area contributed by atoms with Crippen LogP contribution >= 0.6 is 11.6 Å². The molecular weight excluding hydrogens is 287 g/mol. The quantitative estimate of drug-likeness (QED) is 0.712. The van der Waals surface area contributed by atoms with Gasteiger partial charge in [0, 0.05) is 17.0 Å². The van der Waals surface area contributed by atoms with E-state index in [2.05, 4.69) is 20.8 Å². The molecule has 0 spiro atoms. The van der Waals surface area contributed by atoms with Crippen LogP contribution < -0.4 is 0 Å². The summed E-state index contributed by atoms with van der Waals surface area (Å²) >= 11 is 5.95. The van der Waals surface area contributed by atoms with Crippen LogP contribution in [-0.4, -0.2) is 5.78 Å². The minimum Gasteiger partial charge on any atom is -0.294 e. The molecule has 0 bridgehead atoms. The Hall–Kier alpha value is -1.67. The predicted molar refractivity (Wildman–Crippen MR) is 84.6 cm³/mol. The minimum atomic E-state index is -0.397. The van der Waals surface area contributed by atoms with Gasteiger partial charge in [0.1, 0.15) is 5.82 Å². The highest BCUT2D eigenvalue weighted by Crippen LogP contribution is 2.23. The first kappa shape index (κ1) is 15.7. The second-order valence-electron chi connectivity index (χ2n) is 6.16. The largest absolute Gasteiger partial charge is 0.294 e. The predicted octanol–water partition coefficient (Wildman–Crippen LogP) is 5.20. The molecule has 2 aromatic rings.